The van der Waals surface area contributed by atoms with Crippen molar-refractivity contribution in [2.45, 2.75) is 44.2 Å². The number of anilines is 1. The molecule has 0 unspecified atom stereocenters. The molecule has 5 heteroatoms. The number of benzene rings is 3. The first-order valence-corrected chi connectivity index (χ1v) is 11.1. The molecule has 32 heavy (non-hydrogen) atoms. The van der Waals surface area contributed by atoms with Gasteiger partial charge in [0.1, 0.15) is 11.6 Å². The number of methoxy groups -OCH3 is 1. The van der Waals surface area contributed by atoms with Crippen molar-refractivity contribution in [1.29, 1.82) is 0 Å². The Morgan fingerprint density at radius 2 is 1.59 bits per heavy atom. The van der Waals surface area contributed by atoms with E-state index in [9.17, 15) is 9.18 Å². The smallest absolute Gasteiger partial charge is 0.322 e. The van der Waals surface area contributed by atoms with E-state index in [4.69, 9.17) is 4.74 Å². The maximum Gasteiger partial charge on any atom is 0.322 e. The molecule has 1 fully saturated rings. The van der Waals surface area contributed by atoms with Gasteiger partial charge in [-0.15, -0.1) is 0 Å². The van der Waals surface area contributed by atoms with Crippen LogP contribution < -0.4 is 10.1 Å². The second-order valence-electron chi connectivity index (χ2n) is 8.33. The zero-order valence-electron chi connectivity index (χ0n) is 18.3. The van der Waals surface area contributed by atoms with Crippen LogP contribution in [0.25, 0.3) is 0 Å². The van der Waals surface area contributed by atoms with Gasteiger partial charge >= 0.3 is 6.03 Å². The van der Waals surface area contributed by atoms with E-state index in [1.165, 1.54) is 17.7 Å². The minimum absolute atomic E-state index is 0.150. The Morgan fingerprint density at radius 1 is 0.938 bits per heavy atom. The van der Waals surface area contributed by atoms with Gasteiger partial charge in [-0.25, -0.2) is 9.18 Å². The number of rotatable bonds is 6. The summed E-state index contributed by atoms with van der Waals surface area (Å²) in [5, 5.41) is 2.95. The minimum Gasteiger partial charge on any atom is -0.497 e. The van der Waals surface area contributed by atoms with Gasteiger partial charge < -0.3 is 15.0 Å². The molecule has 0 bridgehead atoms. The number of nitrogens with zero attached hydrogens (tertiary/aromatic N) is 1. The Bertz CT molecular complexity index is 998. The number of hydrogen-bond donors (Lipinski definition) is 1. The lowest BCUT2D eigenvalue weighted by atomic mass is 9.81. The summed E-state index contributed by atoms with van der Waals surface area (Å²) in [6, 6.07) is 24.3. The summed E-state index contributed by atoms with van der Waals surface area (Å²) in [7, 11) is 1.64. The summed E-state index contributed by atoms with van der Waals surface area (Å²) in [6.45, 7) is 0.512. The molecule has 0 heterocycles. The molecule has 4 nitrogen and oxygen atoms in total. The van der Waals surface area contributed by atoms with Crippen molar-refractivity contribution in [3.63, 3.8) is 0 Å². The average molecular weight is 433 g/mol. The molecule has 1 aliphatic carbocycles. The van der Waals surface area contributed by atoms with E-state index in [0.29, 0.717) is 18.2 Å². The van der Waals surface area contributed by atoms with Crippen molar-refractivity contribution in [2.24, 2.45) is 0 Å². The molecule has 4 rings (SSSR count). The quantitative estimate of drug-likeness (QED) is 0.477. The van der Waals surface area contributed by atoms with Crippen molar-refractivity contribution in [1.82, 2.24) is 4.90 Å². The maximum atomic E-state index is 13.3. The lowest BCUT2D eigenvalue weighted by Gasteiger charge is -2.37. The van der Waals surface area contributed by atoms with Gasteiger partial charge in [0.15, 0.2) is 0 Å². The predicted molar refractivity (Wildman–Crippen MR) is 125 cm³/mol. The van der Waals surface area contributed by atoms with Crippen LogP contribution in [0.15, 0.2) is 78.9 Å². The van der Waals surface area contributed by atoms with Gasteiger partial charge in [0.2, 0.25) is 0 Å². The number of nitrogens with one attached hydrogen (secondary N) is 1. The maximum absolute atomic E-state index is 13.3. The summed E-state index contributed by atoms with van der Waals surface area (Å²) < 4.78 is 18.5. The molecule has 0 aliphatic heterocycles. The van der Waals surface area contributed by atoms with Crippen molar-refractivity contribution in [3.05, 3.63) is 95.8 Å². The minimum atomic E-state index is -0.322. The van der Waals surface area contributed by atoms with Gasteiger partial charge in [-0.2, -0.15) is 0 Å². The summed E-state index contributed by atoms with van der Waals surface area (Å²) in [5.41, 5.74) is 3.02. The van der Waals surface area contributed by atoms with Crippen LogP contribution in [0.3, 0.4) is 0 Å². The number of carbonyl (C=O) groups excluding carboxylic acids is 1. The molecule has 0 saturated heterocycles. The van der Waals surface area contributed by atoms with Crippen LogP contribution in [-0.2, 0) is 6.54 Å². The third-order valence-corrected chi connectivity index (χ3v) is 6.28. The van der Waals surface area contributed by atoms with Crippen LogP contribution in [0.2, 0.25) is 0 Å². The molecule has 166 valence electrons. The Kier molecular flexibility index (Phi) is 7.05. The van der Waals surface area contributed by atoms with Crippen molar-refractivity contribution < 1.29 is 13.9 Å². The molecule has 0 radical (unpaired) electrons. The Morgan fingerprint density at radius 3 is 2.22 bits per heavy atom. The van der Waals surface area contributed by atoms with Gasteiger partial charge in [-0.3, -0.25) is 0 Å². The van der Waals surface area contributed by atoms with Crippen LogP contribution in [0, 0.1) is 5.82 Å². The van der Waals surface area contributed by atoms with Gasteiger partial charge in [0, 0.05) is 18.3 Å². The molecule has 1 N–H and O–H groups in total. The summed E-state index contributed by atoms with van der Waals surface area (Å²) in [4.78, 5) is 15.2. The largest absolute Gasteiger partial charge is 0.497 e. The Balaban J connectivity index is 1.48. The monoisotopic (exact) mass is 432 g/mol. The van der Waals surface area contributed by atoms with Gasteiger partial charge in [-0.05, 0) is 79.1 Å². The molecule has 1 saturated carbocycles. The normalized spacial score (nSPS) is 18.1. The topological polar surface area (TPSA) is 41.6 Å². The summed E-state index contributed by atoms with van der Waals surface area (Å²) >= 11 is 0. The highest BCUT2D eigenvalue weighted by molar-refractivity contribution is 5.89. The number of ether oxygens (including phenoxy) is 1. The van der Waals surface area contributed by atoms with Gasteiger partial charge in [0.05, 0.1) is 7.11 Å². The SMILES string of the molecule is COc1ccc(CN(C(=O)Nc2ccc(F)cc2)[C@H]2CC[C@H](c3ccccc3)CC2)cc1. The Labute approximate surface area is 189 Å². The van der Waals surface area contributed by atoms with Crippen molar-refractivity contribution in [2.75, 3.05) is 12.4 Å². The number of halogens is 1. The lowest BCUT2D eigenvalue weighted by Crippen LogP contribution is -2.44. The third-order valence-electron chi connectivity index (χ3n) is 6.28. The fourth-order valence-electron chi connectivity index (χ4n) is 4.47. The fourth-order valence-corrected chi connectivity index (χ4v) is 4.47. The molecule has 0 atom stereocenters. The summed E-state index contributed by atoms with van der Waals surface area (Å²) in [5.74, 6) is 1.01. The van der Waals surface area contributed by atoms with Gasteiger partial charge in [0.25, 0.3) is 0 Å². The van der Waals surface area contributed by atoms with E-state index in [2.05, 4.69) is 29.6 Å². The lowest BCUT2D eigenvalue weighted by molar-refractivity contribution is 0.158. The molecule has 0 aromatic heterocycles. The van der Waals surface area contributed by atoms with Crippen LogP contribution in [-0.4, -0.2) is 24.1 Å². The van der Waals surface area contributed by atoms with Crippen LogP contribution in [0.4, 0.5) is 14.9 Å². The number of urea groups is 1. The molecule has 3 aromatic rings. The third kappa shape index (κ3) is 5.47. The number of hydrogen-bond acceptors (Lipinski definition) is 2. The molecular weight excluding hydrogens is 403 g/mol. The highest BCUT2D eigenvalue weighted by Gasteiger charge is 2.29. The van der Waals surface area contributed by atoms with Crippen LogP contribution in [0.1, 0.15) is 42.7 Å². The van der Waals surface area contributed by atoms with Crippen LogP contribution >= 0.6 is 0 Å². The van der Waals surface area contributed by atoms with E-state index in [-0.39, 0.29) is 17.9 Å². The predicted octanol–water partition coefficient (Wildman–Crippen LogP) is 6.59. The molecule has 1 aliphatic rings. The first-order valence-electron chi connectivity index (χ1n) is 11.1. The standard InChI is InChI=1S/C27H29FN2O2/c1-32-26-17-7-20(8-18-26)19-30(27(31)29-24-13-11-23(28)12-14-24)25-15-9-22(10-16-25)21-5-3-2-4-6-21/h2-8,11-14,17-18,22,25H,9-10,15-16,19H2,1H3,(H,29,31)/t22-,25-. The van der Waals surface area contributed by atoms with Crippen molar-refractivity contribution in [3.8, 4) is 5.75 Å². The molecule has 3 aromatic carbocycles. The number of amides is 2. The van der Waals surface area contributed by atoms with Crippen molar-refractivity contribution >= 4 is 11.7 Å². The van der Waals surface area contributed by atoms with E-state index >= 15 is 0 Å². The molecule has 2 amide bonds. The van der Waals surface area contributed by atoms with E-state index < -0.39 is 0 Å². The fraction of sp³-hybridized carbons (Fsp3) is 0.296. The highest BCUT2D eigenvalue weighted by atomic mass is 19.1. The van der Waals surface area contributed by atoms with Crippen LogP contribution in [0.5, 0.6) is 5.75 Å². The van der Waals surface area contributed by atoms with E-state index in [0.717, 1.165) is 37.0 Å². The van der Waals surface area contributed by atoms with E-state index in [1.807, 2.05) is 35.2 Å². The average Bonchev–Trinajstić information content (AvgIpc) is 2.85. The zero-order valence-corrected chi connectivity index (χ0v) is 18.3. The van der Waals surface area contributed by atoms with Gasteiger partial charge in [-0.1, -0.05) is 42.5 Å². The summed E-state index contributed by atoms with van der Waals surface area (Å²) in [6.07, 6.45) is 4.01. The second kappa shape index (κ2) is 10.3. The highest BCUT2D eigenvalue weighted by Crippen LogP contribution is 2.35. The first-order chi connectivity index (χ1) is 15.6. The molecular formula is C27H29FN2O2. The molecule has 0 spiro atoms. The number of carbonyl (C=O) groups is 1. The zero-order chi connectivity index (χ0) is 22.3. The Hall–Kier alpha value is -3.34. The second-order valence-corrected chi connectivity index (χ2v) is 8.33. The first kappa shape index (κ1) is 21.9. The van der Waals surface area contributed by atoms with E-state index in [1.54, 1.807) is 19.2 Å².